The molecule has 0 radical (unpaired) electrons. The lowest BCUT2D eigenvalue weighted by Crippen LogP contribution is -2.43. The number of aryl methyl sites for hydroxylation is 2. The number of fused-ring (bicyclic) bond motifs is 1. The van der Waals surface area contributed by atoms with E-state index in [1.807, 2.05) is 11.4 Å². The van der Waals surface area contributed by atoms with E-state index in [2.05, 4.69) is 43.2 Å². The maximum Gasteiger partial charge on any atom is 0.263 e. The summed E-state index contributed by atoms with van der Waals surface area (Å²) in [6.07, 6.45) is 6.03. The lowest BCUT2D eigenvalue weighted by Gasteiger charge is -2.29. The quantitative estimate of drug-likeness (QED) is 0.693. The minimum Gasteiger partial charge on any atom is -0.352 e. The van der Waals surface area contributed by atoms with Crippen LogP contribution in [0.25, 0.3) is 21.3 Å². The highest BCUT2D eigenvalue weighted by Gasteiger charge is 2.23. The van der Waals surface area contributed by atoms with Gasteiger partial charge in [0.15, 0.2) is 0 Å². The van der Waals surface area contributed by atoms with Gasteiger partial charge in [-0.2, -0.15) is 0 Å². The molecule has 1 saturated carbocycles. The summed E-state index contributed by atoms with van der Waals surface area (Å²) in [6.45, 7) is 6.34. The molecule has 1 aliphatic rings. The van der Waals surface area contributed by atoms with E-state index in [9.17, 15) is 9.59 Å². The van der Waals surface area contributed by atoms with Crippen molar-refractivity contribution in [1.29, 1.82) is 0 Å². The molecule has 1 aromatic carbocycles. The van der Waals surface area contributed by atoms with Gasteiger partial charge in [-0.25, -0.2) is 4.98 Å². The number of hydrogen-bond acceptors (Lipinski definition) is 4. The van der Waals surface area contributed by atoms with Gasteiger partial charge in [0.1, 0.15) is 11.4 Å². The first-order chi connectivity index (χ1) is 13.9. The van der Waals surface area contributed by atoms with Crippen LogP contribution in [0.5, 0.6) is 0 Å². The average molecular weight is 410 g/mol. The van der Waals surface area contributed by atoms with Crippen LogP contribution < -0.4 is 10.9 Å². The van der Waals surface area contributed by atoms with Crippen LogP contribution >= 0.6 is 11.3 Å². The number of nitrogens with zero attached hydrogens (tertiary/aromatic N) is 2. The number of aromatic nitrogens is 2. The molecule has 0 saturated heterocycles. The van der Waals surface area contributed by atoms with Gasteiger partial charge in [0.05, 0.1) is 11.7 Å². The standard InChI is InChI=1S/C23H27N3O2S/c1-14-8-9-17(10-16(14)3)18-12-29-22-21(18)23(28)26(13-24-22)11-20(27)25-19-7-5-4-6-15(19)2/h8-10,12-13,15,19H,4-7,11H2,1-3H3,(H,25,27). The molecule has 5 nitrogen and oxygen atoms in total. The van der Waals surface area contributed by atoms with Gasteiger partial charge in [0, 0.05) is 17.0 Å². The van der Waals surface area contributed by atoms with E-state index < -0.39 is 0 Å². The van der Waals surface area contributed by atoms with E-state index in [4.69, 9.17) is 0 Å². The highest BCUT2D eigenvalue weighted by Crippen LogP contribution is 2.31. The average Bonchev–Trinajstić information content (AvgIpc) is 3.13. The summed E-state index contributed by atoms with van der Waals surface area (Å²) in [4.78, 5) is 30.9. The van der Waals surface area contributed by atoms with Gasteiger partial charge >= 0.3 is 0 Å². The molecule has 1 fully saturated rings. The summed E-state index contributed by atoms with van der Waals surface area (Å²) < 4.78 is 1.43. The predicted octanol–water partition coefficient (Wildman–Crippen LogP) is 4.44. The third kappa shape index (κ3) is 3.99. The van der Waals surface area contributed by atoms with Crippen molar-refractivity contribution in [2.24, 2.45) is 5.92 Å². The van der Waals surface area contributed by atoms with E-state index in [1.165, 1.54) is 39.8 Å². The Kier molecular flexibility index (Phi) is 5.54. The Morgan fingerprint density at radius 2 is 2.03 bits per heavy atom. The van der Waals surface area contributed by atoms with Crippen LogP contribution in [0.3, 0.4) is 0 Å². The molecule has 0 aliphatic heterocycles. The van der Waals surface area contributed by atoms with E-state index >= 15 is 0 Å². The molecular formula is C23H27N3O2S. The Labute approximate surface area is 174 Å². The zero-order valence-corrected chi connectivity index (χ0v) is 18.0. The molecule has 3 aromatic rings. The fourth-order valence-corrected chi connectivity index (χ4v) is 5.05. The molecule has 1 N–H and O–H groups in total. The fraction of sp³-hybridized carbons (Fsp3) is 0.435. The van der Waals surface area contributed by atoms with Crippen LogP contribution in [0.1, 0.15) is 43.7 Å². The molecule has 2 unspecified atom stereocenters. The third-order valence-corrected chi connectivity index (χ3v) is 7.04. The normalized spacial score (nSPS) is 19.4. The third-order valence-electron chi connectivity index (χ3n) is 6.15. The largest absolute Gasteiger partial charge is 0.352 e. The van der Waals surface area contributed by atoms with Crippen LogP contribution in [0, 0.1) is 19.8 Å². The zero-order valence-electron chi connectivity index (χ0n) is 17.2. The lowest BCUT2D eigenvalue weighted by molar-refractivity contribution is -0.123. The highest BCUT2D eigenvalue weighted by molar-refractivity contribution is 7.17. The fourth-order valence-electron chi connectivity index (χ4n) is 4.14. The molecule has 6 heteroatoms. The molecule has 29 heavy (non-hydrogen) atoms. The first-order valence-corrected chi connectivity index (χ1v) is 11.2. The second kappa shape index (κ2) is 8.11. The van der Waals surface area contributed by atoms with Crippen molar-refractivity contribution in [1.82, 2.24) is 14.9 Å². The number of hydrogen-bond donors (Lipinski definition) is 1. The van der Waals surface area contributed by atoms with Crippen molar-refractivity contribution in [3.8, 4) is 11.1 Å². The van der Waals surface area contributed by atoms with Crippen LogP contribution in [-0.2, 0) is 11.3 Å². The first-order valence-electron chi connectivity index (χ1n) is 10.3. The van der Waals surface area contributed by atoms with Crippen LogP contribution in [0.4, 0.5) is 0 Å². The minimum absolute atomic E-state index is 0.00715. The molecular weight excluding hydrogens is 382 g/mol. The van der Waals surface area contributed by atoms with Crippen molar-refractivity contribution in [2.45, 2.75) is 59.0 Å². The van der Waals surface area contributed by atoms with Gasteiger partial charge < -0.3 is 5.32 Å². The first kappa shape index (κ1) is 19.8. The van der Waals surface area contributed by atoms with Crippen molar-refractivity contribution in [3.63, 3.8) is 0 Å². The second-order valence-corrected chi connectivity index (χ2v) is 9.10. The zero-order chi connectivity index (χ0) is 20.5. The van der Waals surface area contributed by atoms with E-state index in [-0.39, 0.29) is 24.1 Å². The Balaban J connectivity index is 1.62. The van der Waals surface area contributed by atoms with Gasteiger partial charge in [-0.05, 0) is 49.3 Å². The van der Waals surface area contributed by atoms with Crippen LogP contribution in [0.15, 0.2) is 34.7 Å². The van der Waals surface area contributed by atoms with Crippen LogP contribution in [0.2, 0.25) is 0 Å². The summed E-state index contributed by atoms with van der Waals surface area (Å²) in [7, 11) is 0. The maximum absolute atomic E-state index is 13.2. The molecule has 2 atom stereocenters. The number of carbonyl (C=O) groups excluding carboxylic acids is 1. The molecule has 0 spiro atoms. The van der Waals surface area contributed by atoms with Gasteiger partial charge in [-0.3, -0.25) is 14.2 Å². The van der Waals surface area contributed by atoms with Gasteiger partial charge in [-0.1, -0.05) is 38.0 Å². The summed E-state index contributed by atoms with van der Waals surface area (Å²) in [5.74, 6) is 0.369. The molecule has 2 heterocycles. The lowest BCUT2D eigenvalue weighted by atomic mass is 9.86. The smallest absolute Gasteiger partial charge is 0.263 e. The minimum atomic E-state index is -0.156. The molecule has 2 aromatic heterocycles. The van der Waals surface area contributed by atoms with E-state index in [0.29, 0.717) is 16.1 Å². The topological polar surface area (TPSA) is 64.0 Å². The number of rotatable bonds is 4. The number of carbonyl (C=O) groups is 1. The number of amides is 1. The van der Waals surface area contributed by atoms with Gasteiger partial charge in [0.2, 0.25) is 5.91 Å². The maximum atomic E-state index is 13.2. The Bertz CT molecular complexity index is 1110. The van der Waals surface area contributed by atoms with Crippen molar-refractivity contribution < 1.29 is 4.79 Å². The SMILES string of the molecule is Cc1ccc(-c2csc3ncn(CC(=O)NC4CCCCC4C)c(=O)c23)cc1C. The highest BCUT2D eigenvalue weighted by atomic mass is 32.1. The number of benzene rings is 1. The van der Waals surface area contributed by atoms with E-state index in [1.54, 1.807) is 0 Å². The van der Waals surface area contributed by atoms with Crippen molar-refractivity contribution >= 4 is 27.5 Å². The van der Waals surface area contributed by atoms with Crippen molar-refractivity contribution in [3.05, 3.63) is 51.4 Å². The molecule has 0 bridgehead atoms. The summed E-state index contributed by atoms with van der Waals surface area (Å²) in [5, 5.41) is 5.70. The summed E-state index contributed by atoms with van der Waals surface area (Å²) in [5.41, 5.74) is 4.15. The summed E-state index contributed by atoms with van der Waals surface area (Å²) >= 11 is 1.46. The van der Waals surface area contributed by atoms with E-state index in [0.717, 1.165) is 30.4 Å². The summed E-state index contributed by atoms with van der Waals surface area (Å²) in [6, 6.07) is 6.42. The number of thiophene rings is 1. The van der Waals surface area contributed by atoms with Crippen molar-refractivity contribution in [2.75, 3.05) is 0 Å². The molecule has 1 aliphatic carbocycles. The van der Waals surface area contributed by atoms with Gasteiger partial charge in [0.25, 0.3) is 5.56 Å². The van der Waals surface area contributed by atoms with Crippen LogP contribution in [-0.4, -0.2) is 21.5 Å². The Morgan fingerprint density at radius 3 is 2.79 bits per heavy atom. The Hall–Kier alpha value is -2.47. The molecule has 152 valence electrons. The number of nitrogens with one attached hydrogen (secondary N) is 1. The Morgan fingerprint density at radius 1 is 1.24 bits per heavy atom. The second-order valence-electron chi connectivity index (χ2n) is 8.24. The predicted molar refractivity (Wildman–Crippen MR) is 118 cm³/mol. The van der Waals surface area contributed by atoms with Gasteiger partial charge in [-0.15, -0.1) is 11.3 Å². The molecule has 1 amide bonds. The monoisotopic (exact) mass is 409 g/mol. The molecule has 4 rings (SSSR count).